The molecule has 2 aromatic carbocycles. The van der Waals surface area contributed by atoms with Crippen LogP contribution < -0.4 is 4.74 Å². The van der Waals surface area contributed by atoms with Crippen molar-refractivity contribution < 1.29 is 42.3 Å². The lowest BCUT2D eigenvalue weighted by molar-refractivity contribution is -0.385. The number of nitro benzene ring substituents is 1. The number of aliphatic carboxylic acids is 1. The molecule has 44 heavy (non-hydrogen) atoms. The minimum absolute atomic E-state index is 0.0507. The third-order valence-electron chi connectivity index (χ3n) is 8.22. The van der Waals surface area contributed by atoms with E-state index in [1.165, 1.54) is 12.1 Å². The van der Waals surface area contributed by atoms with E-state index >= 15 is 0 Å². The lowest BCUT2D eigenvalue weighted by Gasteiger charge is -2.48. The van der Waals surface area contributed by atoms with Crippen molar-refractivity contribution in [2.75, 3.05) is 6.54 Å². The number of carboxylic acids is 1. The van der Waals surface area contributed by atoms with Crippen LogP contribution in [0.25, 0.3) is 0 Å². The van der Waals surface area contributed by atoms with Gasteiger partial charge in [-0.3, -0.25) is 24.5 Å². The zero-order valence-corrected chi connectivity index (χ0v) is 24.6. The number of nitro groups is 1. The van der Waals surface area contributed by atoms with Crippen molar-refractivity contribution >= 4 is 23.2 Å². The van der Waals surface area contributed by atoms with Crippen LogP contribution in [0.4, 0.5) is 18.9 Å². The summed E-state index contributed by atoms with van der Waals surface area (Å²) in [6, 6.07) is 8.18. The van der Waals surface area contributed by atoms with Crippen LogP contribution in [-0.2, 0) is 20.6 Å². The number of allylic oxidation sites excluding steroid dienone is 4. The van der Waals surface area contributed by atoms with Gasteiger partial charge in [-0.15, -0.1) is 0 Å². The second kappa shape index (κ2) is 10.6. The zero-order valence-electron chi connectivity index (χ0n) is 24.6. The number of ether oxygens (including phenoxy) is 1. The Hall–Kier alpha value is -4.48. The lowest BCUT2D eigenvalue weighted by Crippen LogP contribution is -2.45. The molecular weight excluding hydrogens is 581 g/mol. The number of alkyl halides is 3. The van der Waals surface area contributed by atoms with E-state index in [0.717, 1.165) is 6.07 Å². The summed E-state index contributed by atoms with van der Waals surface area (Å²) in [6.07, 6.45) is -3.63. The van der Waals surface area contributed by atoms with Gasteiger partial charge in [-0.25, -0.2) is 0 Å². The van der Waals surface area contributed by atoms with E-state index in [1.807, 2.05) is 27.7 Å². The van der Waals surface area contributed by atoms with Crippen molar-refractivity contribution in [2.24, 2.45) is 10.8 Å². The first-order valence-corrected chi connectivity index (χ1v) is 14.0. The summed E-state index contributed by atoms with van der Waals surface area (Å²) >= 11 is 0. The van der Waals surface area contributed by atoms with Crippen molar-refractivity contribution in [3.05, 3.63) is 86.2 Å². The molecule has 0 unspecified atom stereocenters. The van der Waals surface area contributed by atoms with Crippen LogP contribution in [0.1, 0.15) is 70.4 Å². The van der Waals surface area contributed by atoms with E-state index in [-0.39, 0.29) is 30.2 Å². The number of Topliss-reactive ketones (excluding diaryl/α,β-unsaturated/α-hetero) is 2. The van der Waals surface area contributed by atoms with Gasteiger partial charge in [0.25, 0.3) is 0 Å². The van der Waals surface area contributed by atoms with E-state index in [1.54, 1.807) is 17.0 Å². The smallest absolute Gasteiger partial charge is 0.416 e. The molecule has 0 amide bonds. The summed E-state index contributed by atoms with van der Waals surface area (Å²) in [6.45, 7) is 7.28. The van der Waals surface area contributed by atoms with Gasteiger partial charge in [0.15, 0.2) is 11.6 Å². The number of benzene rings is 2. The molecule has 0 aromatic heterocycles. The Labute approximate surface area is 251 Å². The number of carbonyl (C=O) groups excluding carboxylic acids is 2. The van der Waals surface area contributed by atoms with Gasteiger partial charge in [-0.05, 0) is 53.5 Å². The Balaban J connectivity index is 1.66. The normalized spacial score (nSPS) is 19.9. The Morgan fingerprint density at radius 1 is 0.977 bits per heavy atom. The second-order valence-corrected chi connectivity index (χ2v) is 13.1. The number of ketones is 2. The number of hydrogen-bond donors (Lipinski definition) is 1. The summed E-state index contributed by atoms with van der Waals surface area (Å²) in [5.41, 5.74) is -0.781. The molecule has 5 rings (SSSR count). The Bertz CT molecular complexity index is 1620. The third-order valence-corrected chi connectivity index (χ3v) is 8.22. The molecule has 2 aliphatic carbocycles. The highest BCUT2D eigenvalue weighted by Crippen LogP contribution is 2.54. The van der Waals surface area contributed by atoms with Crippen molar-refractivity contribution in [1.82, 2.24) is 4.90 Å². The first-order chi connectivity index (χ1) is 20.4. The van der Waals surface area contributed by atoms with Crippen LogP contribution in [0.3, 0.4) is 0 Å². The topological polar surface area (TPSA) is 127 Å². The van der Waals surface area contributed by atoms with Crippen LogP contribution in [0, 0.1) is 20.9 Å². The molecule has 0 fully saturated rings. The Morgan fingerprint density at radius 3 is 2.05 bits per heavy atom. The number of halogens is 3. The van der Waals surface area contributed by atoms with E-state index in [4.69, 9.17) is 4.74 Å². The standard InChI is InChI=1S/C32H31F3N2O7/c1-30(2)12-21-28(23(38)14-30)27(29-22(36(21)16-26(40)41)13-31(3,4)15-24(29)39)17-6-5-7-19(10-17)44-25-9-8-18(32(33,34)35)11-20(25)37(42)43/h5-11,27H,12-16H2,1-4H3,(H,40,41). The fraction of sp³-hybridized carbons (Fsp3) is 0.406. The maximum atomic E-state index is 13.8. The van der Waals surface area contributed by atoms with E-state index in [9.17, 15) is 42.8 Å². The fourth-order valence-electron chi connectivity index (χ4n) is 6.51. The Morgan fingerprint density at radius 2 is 1.55 bits per heavy atom. The van der Waals surface area contributed by atoms with Gasteiger partial charge in [0.05, 0.1) is 10.5 Å². The van der Waals surface area contributed by atoms with Gasteiger partial charge in [0.1, 0.15) is 12.3 Å². The maximum absolute atomic E-state index is 13.8. The highest BCUT2D eigenvalue weighted by atomic mass is 19.4. The predicted octanol–water partition coefficient (Wildman–Crippen LogP) is 7.18. The molecule has 12 heteroatoms. The zero-order chi connectivity index (χ0) is 32.4. The summed E-state index contributed by atoms with van der Waals surface area (Å²) in [5, 5.41) is 21.5. The predicted molar refractivity (Wildman–Crippen MR) is 152 cm³/mol. The SMILES string of the molecule is CC1(C)CC(=O)C2=C(C1)N(CC(=O)O)C1=C(C(=O)CC(C)(C)C1)C2c1cccc(Oc2ccc(C(F)(F)F)cc2[N+](=O)[O-])c1. The van der Waals surface area contributed by atoms with E-state index < -0.39 is 57.4 Å². The van der Waals surface area contributed by atoms with Gasteiger partial charge in [-0.2, -0.15) is 13.2 Å². The van der Waals surface area contributed by atoms with Crippen LogP contribution in [-0.4, -0.2) is 39.0 Å². The first kappa shape index (κ1) is 31.0. The summed E-state index contributed by atoms with van der Waals surface area (Å²) in [7, 11) is 0. The van der Waals surface area contributed by atoms with Gasteiger partial charge in [0.2, 0.25) is 5.75 Å². The largest absolute Gasteiger partial charge is 0.480 e. The lowest BCUT2D eigenvalue weighted by atomic mass is 9.63. The first-order valence-electron chi connectivity index (χ1n) is 14.0. The van der Waals surface area contributed by atoms with Gasteiger partial charge >= 0.3 is 17.8 Å². The molecule has 0 saturated carbocycles. The van der Waals surface area contributed by atoms with Gasteiger partial charge in [0, 0.05) is 47.4 Å². The number of carbonyl (C=O) groups is 3. The molecule has 1 N–H and O–H groups in total. The van der Waals surface area contributed by atoms with Crippen molar-refractivity contribution in [3.8, 4) is 11.5 Å². The molecule has 1 heterocycles. The molecule has 3 aliphatic rings. The quantitative estimate of drug-likeness (QED) is 0.269. The average molecular weight is 613 g/mol. The molecule has 0 radical (unpaired) electrons. The van der Waals surface area contributed by atoms with E-state index in [2.05, 4.69) is 0 Å². The number of nitrogens with zero attached hydrogens (tertiary/aromatic N) is 2. The highest BCUT2D eigenvalue weighted by molar-refractivity contribution is 6.07. The molecule has 9 nitrogen and oxygen atoms in total. The number of rotatable bonds is 6. The summed E-state index contributed by atoms with van der Waals surface area (Å²) in [4.78, 5) is 51.9. The summed E-state index contributed by atoms with van der Waals surface area (Å²) < 4.78 is 45.4. The summed E-state index contributed by atoms with van der Waals surface area (Å²) in [5.74, 6) is -2.75. The third kappa shape index (κ3) is 5.85. The van der Waals surface area contributed by atoms with Crippen LogP contribution in [0.5, 0.6) is 11.5 Å². The minimum atomic E-state index is -4.79. The van der Waals surface area contributed by atoms with Gasteiger partial charge in [-0.1, -0.05) is 39.8 Å². The molecule has 1 aliphatic heterocycles. The molecule has 0 atom stereocenters. The van der Waals surface area contributed by atoms with Crippen LogP contribution in [0.15, 0.2) is 65.0 Å². The molecule has 0 spiro atoms. The van der Waals surface area contributed by atoms with Crippen molar-refractivity contribution in [3.63, 3.8) is 0 Å². The van der Waals surface area contributed by atoms with Gasteiger partial charge < -0.3 is 14.7 Å². The molecule has 2 aromatic rings. The minimum Gasteiger partial charge on any atom is -0.480 e. The highest BCUT2D eigenvalue weighted by Gasteiger charge is 2.49. The monoisotopic (exact) mass is 612 g/mol. The van der Waals surface area contributed by atoms with Crippen molar-refractivity contribution in [1.29, 1.82) is 0 Å². The molecular formula is C32H31F3N2O7. The van der Waals surface area contributed by atoms with Crippen LogP contribution in [0.2, 0.25) is 0 Å². The van der Waals surface area contributed by atoms with E-state index in [0.29, 0.717) is 53.1 Å². The molecule has 0 saturated heterocycles. The number of carboxylic acid groups (broad SMARTS) is 1. The number of hydrogen-bond acceptors (Lipinski definition) is 7. The Kier molecular flexibility index (Phi) is 7.46. The van der Waals surface area contributed by atoms with Crippen molar-refractivity contribution in [2.45, 2.75) is 65.5 Å². The molecule has 0 bridgehead atoms. The van der Waals surface area contributed by atoms with Crippen LogP contribution >= 0.6 is 0 Å². The fourth-order valence-corrected chi connectivity index (χ4v) is 6.51. The second-order valence-electron chi connectivity index (χ2n) is 13.1. The average Bonchev–Trinajstić information content (AvgIpc) is 2.87. The maximum Gasteiger partial charge on any atom is 0.416 e. The molecule has 232 valence electrons.